The third-order valence-electron chi connectivity index (χ3n) is 4.31. The molecule has 0 heterocycles. The van der Waals surface area contributed by atoms with Gasteiger partial charge in [0.05, 0.1) is 10.6 Å². The predicted octanol–water partition coefficient (Wildman–Crippen LogP) is 4.07. The largest absolute Gasteiger partial charge is 0.311 e. The molecular formula is C21H20N2O3S. The molecule has 6 heteroatoms. The van der Waals surface area contributed by atoms with Crippen LogP contribution < -0.4 is 9.62 Å². The average Bonchev–Trinajstić information content (AvgIpc) is 2.70. The normalized spacial score (nSPS) is 11.0. The van der Waals surface area contributed by atoms with Crippen LogP contribution in [0.25, 0.3) is 0 Å². The van der Waals surface area contributed by atoms with Crippen molar-refractivity contribution in [1.82, 2.24) is 0 Å². The molecule has 1 amide bonds. The molecule has 0 aliphatic carbocycles. The van der Waals surface area contributed by atoms with Gasteiger partial charge in [0, 0.05) is 18.3 Å². The summed E-state index contributed by atoms with van der Waals surface area (Å²) in [6.45, 7) is 1.73. The minimum Gasteiger partial charge on any atom is -0.311 e. The minimum absolute atomic E-state index is 0.169. The van der Waals surface area contributed by atoms with Crippen molar-refractivity contribution < 1.29 is 13.2 Å². The summed E-state index contributed by atoms with van der Waals surface area (Å²) in [6.07, 6.45) is 0. The molecular weight excluding hydrogens is 360 g/mol. The number of hydrogen-bond acceptors (Lipinski definition) is 3. The first-order chi connectivity index (χ1) is 12.9. The summed E-state index contributed by atoms with van der Waals surface area (Å²) < 4.78 is 27.7. The molecule has 0 aliphatic heterocycles. The number of sulfonamides is 1. The van der Waals surface area contributed by atoms with Crippen LogP contribution in [0, 0.1) is 6.92 Å². The van der Waals surface area contributed by atoms with Gasteiger partial charge in [-0.05, 0) is 48.9 Å². The lowest BCUT2D eigenvalue weighted by Crippen LogP contribution is -2.27. The summed E-state index contributed by atoms with van der Waals surface area (Å²) in [6, 6.07) is 22.4. The van der Waals surface area contributed by atoms with Crippen molar-refractivity contribution in [1.29, 1.82) is 0 Å². The van der Waals surface area contributed by atoms with E-state index in [0.717, 1.165) is 5.69 Å². The lowest BCUT2D eigenvalue weighted by Gasteiger charge is -2.20. The molecule has 3 aromatic rings. The molecule has 0 bridgehead atoms. The first-order valence-corrected chi connectivity index (χ1v) is 9.89. The standard InChI is InChI=1S/C21H20N2O3S/c1-16-19(21(24)23(2)17-10-5-3-6-11-17)14-9-15-20(16)22-27(25,26)18-12-7-4-8-13-18/h3-15,22H,1-2H3. The zero-order valence-corrected chi connectivity index (χ0v) is 15.9. The van der Waals surface area contributed by atoms with Gasteiger partial charge in [-0.3, -0.25) is 9.52 Å². The highest BCUT2D eigenvalue weighted by molar-refractivity contribution is 7.92. The SMILES string of the molecule is Cc1c(NS(=O)(=O)c2ccccc2)cccc1C(=O)N(C)c1ccccc1. The zero-order valence-electron chi connectivity index (χ0n) is 15.1. The maximum Gasteiger partial charge on any atom is 0.261 e. The van der Waals surface area contributed by atoms with E-state index in [1.54, 1.807) is 50.4 Å². The zero-order chi connectivity index (χ0) is 19.4. The number of hydrogen-bond donors (Lipinski definition) is 1. The fraction of sp³-hybridized carbons (Fsp3) is 0.0952. The van der Waals surface area contributed by atoms with E-state index in [1.807, 2.05) is 30.3 Å². The van der Waals surface area contributed by atoms with Gasteiger partial charge < -0.3 is 4.90 Å². The number of nitrogens with one attached hydrogen (secondary N) is 1. The molecule has 0 spiro atoms. The highest BCUT2D eigenvalue weighted by atomic mass is 32.2. The van der Waals surface area contributed by atoms with Crippen LogP contribution in [0.1, 0.15) is 15.9 Å². The second-order valence-electron chi connectivity index (χ2n) is 6.10. The molecule has 0 radical (unpaired) electrons. The van der Waals surface area contributed by atoms with Crippen LogP contribution in [0.5, 0.6) is 0 Å². The number of carbonyl (C=O) groups is 1. The summed E-state index contributed by atoms with van der Waals surface area (Å²) in [7, 11) is -2.03. The predicted molar refractivity (Wildman–Crippen MR) is 108 cm³/mol. The summed E-state index contributed by atoms with van der Waals surface area (Å²) in [4.78, 5) is 14.6. The van der Waals surface area contributed by atoms with Crippen LogP contribution in [0.4, 0.5) is 11.4 Å². The summed E-state index contributed by atoms with van der Waals surface area (Å²) in [5.41, 5.74) is 2.16. The van der Waals surface area contributed by atoms with Crippen LogP contribution in [-0.4, -0.2) is 21.4 Å². The van der Waals surface area contributed by atoms with Gasteiger partial charge >= 0.3 is 0 Å². The Balaban J connectivity index is 1.91. The Morgan fingerprint density at radius 2 is 1.44 bits per heavy atom. The molecule has 3 aromatic carbocycles. The van der Waals surface area contributed by atoms with Crippen LogP contribution in [0.3, 0.4) is 0 Å². The first kappa shape index (κ1) is 18.7. The molecule has 0 saturated carbocycles. The maximum atomic E-state index is 12.9. The van der Waals surface area contributed by atoms with Gasteiger partial charge in [-0.25, -0.2) is 8.42 Å². The Bertz CT molecular complexity index is 1050. The van der Waals surface area contributed by atoms with Crippen molar-refractivity contribution in [2.24, 2.45) is 0 Å². The first-order valence-electron chi connectivity index (χ1n) is 8.41. The van der Waals surface area contributed by atoms with E-state index in [0.29, 0.717) is 16.8 Å². The van der Waals surface area contributed by atoms with Crippen LogP contribution in [0.15, 0.2) is 83.8 Å². The minimum atomic E-state index is -3.73. The van der Waals surface area contributed by atoms with Gasteiger partial charge in [-0.2, -0.15) is 0 Å². The Kier molecular flexibility index (Phi) is 5.28. The quantitative estimate of drug-likeness (QED) is 0.725. The second kappa shape index (κ2) is 7.63. The van der Waals surface area contributed by atoms with Crippen molar-refractivity contribution in [2.45, 2.75) is 11.8 Å². The van der Waals surface area contributed by atoms with Gasteiger partial charge in [0.15, 0.2) is 0 Å². The van der Waals surface area contributed by atoms with Gasteiger partial charge in [-0.1, -0.05) is 42.5 Å². The van der Waals surface area contributed by atoms with Crippen LogP contribution in [0.2, 0.25) is 0 Å². The molecule has 27 heavy (non-hydrogen) atoms. The van der Waals surface area contributed by atoms with Crippen molar-refractivity contribution in [3.05, 3.63) is 90.0 Å². The van der Waals surface area contributed by atoms with E-state index in [9.17, 15) is 13.2 Å². The molecule has 0 aromatic heterocycles. The monoisotopic (exact) mass is 380 g/mol. The van der Waals surface area contributed by atoms with Crippen LogP contribution >= 0.6 is 0 Å². The number of para-hydroxylation sites is 1. The molecule has 0 saturated heterocycles. The van der Waals surface area contributed by atoms with E-state index >= 15 is 0 Å². The maximum absolute atomic E-state index is 12.9. The highest BCUT2D eigenvalue weighted by Gasteiger charge is 2.20. The number of nitrogens with zero attached hydrogens (tertiary/aromatic N) is 1. The van der Waals surface area contributed by atoms with Gasteiger partial charge in [0.25, 0.3) is 15.9 Å². The van der Waals surface area contributed by atoms with E-state index in [1.165, 1.54) is 17.0 Å². The fourth-order valence-corrected chi connectivity index (χ4v) is 3.87. The van der Waals surface area contributed by atoms with Gasteiger partial charge in [-0.15, -0.1) is 0 Å². The smallest absolute Gasteiger partial charge is 0.261 e. The summed E-state index contributed by atoms with van der Waals surface area (Å²) in [5.74, 6) is -0.209. The molecule has 5 nitrogen and oxygen atoms in total. The third-order valence-corrected chi connectivity index (χ3v) is 5.69. The Labute approximate surface area is 159 Å². The summed E-state index contributed by atoms with van der Waals surface area (Å²) >= 11 is 0. The lowest BCUT2D eigenvalue weighted by molar-refractivity contribution is 0.0992. The molecule has 0 atom stereocenters. The van der Waals surface area contributed by atoms with Crippen molar-refractivity contribution in [3.8, 4) is 0 Å². The molecule has 0 unspecified atom stereocenters. The number of benzene rings is 3. The van der Waals surface area contributed by atoms with Crippen molar-refractivity contribution in [2.75, 3.05) is 16.7 Å². The van der Waals surface area contributed by atoms with Crippen LogP contribution in [-0.2, 0) is 10.0 Å². The van der Waals surface area contributed by atoms with E-state index in [4.69, 9.17) is 0 Å². The number of amides is 1. The number of rotatable bonds is 5. The molecule has 0 aliphatic rings. The lowest BCUT2D eigenvalue weighted by atomic mass is 10.1. The average molecular weight is 380 g/mol. The molecule has 3 rings (SSSR count). The Hall–Kier alpha value is -3.12. The Morgan fingerprint density at radius 3 is 2.07 bits per heavy atom. The Morgan fingerprint density at radius 1 is 0.852 bits per heavy atom. The molecule has 1 N–H and O–H groups in total. The van der Waals surface area contributed by atoms with E-state index < -0.39 is 10.0 Å². The van der Waals surface area contributed by atoms with E-state index in [2.05, 4.69) is 4.72 Å². The number of carbonyl (C=O) groups excluding carboxylic acids is 1. The third kappa shape index (κ3) is 4.01. The molecule has 138 valence electrons. The summed E-state index contributed by atoms with van der Waals surface area (Å²) in [5, 5.41) is 0. The van der Waals surface area contributed by atoms with E-state index in [-0.39, 0.29) is 10.8 Å². The topological polar surface area (TPSA) is 66.5 Å². The van der Waals surface area contributed by atoms with Crippen molar-refractivity contribution >= 4 is 27.3 Å². The number of anilines is 2. The highest BCUT2D eigenvalue weighted by Crippen LogP contribution is 2.24. The fourth-order valence-electron chi connectivity index (χ4n) is 2.73. The van der Waals surface area contributed by atoms with Gasteiger partial charge in [0.2, 0.25) is 0 Å². The molecule has 0 fully saturated rings. The van der Waals surface area contributed by atoms with Gasteiger partial charge in [0.1, 0.15) is 0 Å². The second-order valence-corrected chi connectivity index (χ2v) is 7.78. The van der Waals surface area contributed by atoms with Crippen molar-refractivity contribution in [3.63, 3.8) is 0 Å².